The second-order valence-electron chi connectivity index (χ2n) is 4.48. The average Bonchev–Trinajstić information content (AvgIpc) is 2.45. The zero-order valence-electron chi connectivity index (χ0n) is 11.5. The van der Waals surface area contributed by atoms with E-state index in [4.69, 9.17) is 10.5 Å². The number of nitrogens with one attached hydrogen (secondary N) is 1. The molecule has 1 heterocycles. The van der Waals surface area contributed by atoms with Crippen LogP contribution in [-0.4, -0.2) is 18.0 Å². The summed E-state index contributed by atoms with van der Waals surface area (Å²) in [6.07, 6.45) is 1.58. The lowest BCUT2D eigenvalue weighted by Crippen LogP contribution is -2.27. The molecule has 104 valence electrons. The fraction of sp³-hybridized carbons (Fsp3) is 0.200. The van der Waals surface area contributed by atoms with Crippen molar-refractivity contribution in [1.29, 1.82) is 0 Å². The van der Waals surface area contributed by atoms with Crippen LogP contribution in [-0.2, 0) is 4.79 Å². The Bertz CT molecular complexity index is 596. The molecule has 0 fully saturated rings. The summed E-state index contributed by atoms with van der Waals surface area (Å²) in [7, 11) is 1.54. The molecular weight excluding hydrogens is 254 g/mol. The fourth-order valence-corrected chi connectivity index (χ4v) is 1.90. The van der Waals surface area contributed by atoms with Crippen LogP contribution in [0.1, 0.15) is 17.2 Å². The van der Waals surface area contributed by atoms with Gasteiger partial charge in [0.05, 0.1) is 7.11 Å². The van der Waals surface area contributed by atoms with Crippen LogP contribution in [0.3, 0.4) is 0 Å². The van der Waals surface area contributed by atoms with Crippen molar-refractivity contribution < 1.29 is 9.53 Å². The number of carbonyl (C=O) groups is 1. The van der Waals surface area contributed by atoms with Gasteiger partial charge in [-0.3, -0.25) is 4.79 Å². The number of aromatic nitrogens is 1. The Balaban J connectivity index is 2.24. The van der Waals surface area contributed by atoms with Crippen LogP contribution in [0, 0.1) is 6.92 Å². The molecule has 0 saturated carbocycles. The average molecular weight is 271 g/mol. The van der Waals surface area contributed by atoms with Crippen molar-refractivity contribution >= 4 is 11.6 Å². The van der Waals surface area contributed by atoms with Crippen molar-refractivity contribution in [3.8, 4) is 5.88 Å². The molecule has 1 atom stereocenters. The van der Waals surface area contributed by atoms with Crippen LogP contribution >= 0.6 is 0 Å². The summed E-state index contributed by atoms with van der Waals surface area (Å²) < 4.78 is 5.00. The van der Waals surface area contributed by atoms with Gasteiger partial charge in [0.15, 0.2) is 0 Å². The van der Waals surface area contributed by atoms with Crippen LogP contribution in [0.25, 0.3) is 0 Å². The molecule has 2 aromatic rings. The van der Waals surface area contributed by atoms with Gasteiger partial charge in [-0.05, 0) is 30.7 Å². The molecule has 0 radical (unpaired) electrons. The van der Waals surface area contributed by atoms with E-state index in [2.05, 4.69) is 10.3 Å². The maximum Gasteiger partial charge on any atom is 0.244 e. The highest BCUT2D eigenvalue weighted by Gasteiger charge is 2.18. The number of nitrogens with two attached hydrogens (primary N) is 1. The first-order chi connectivity index (χ1) is 9.60. The van der Waals surface area contributed by atoms with E-state index in [1.165, 1.54) is 0 Å². The number of hydrogen-bond donors (Lipinski definition) is 2. The van der Waals surface area contributed by atoms with E-state index in [0.717, 1.165) is 11.3 Å². The van der Waals surface area contributed by atoms with Crippen LogP contribution < -0.4 is 15.8 Å². The minimum absolute atomic E-state index is 0.460. The predicted molar refractivity (Wildman–Crippen MR) is 77.5 cm³/mol. The van der Waals surface area contributed by atoms with Gasteiger partial charge in [-0.25, -0.2) is 4.98 Å². The van der Waals surface area contributed by atoms with Crippen LogP contribution in [0.4, 0.5) is 5.69 Å². The number of ether oxygens (including phenoxy) is 1. The second kappa shape index (κ2) is 6.06. The van der Waals surface area contributed by atoms with Crippen molar-refractivity contribution in [2.24, 2.45) is 5.73 Å². The van der Waals surface area contributed by atoms with Gasteiger partial charge in [0.25, 0.3) is 0 Å². The molecule has 0 aliphatic heterocycles. The van der Waals surface area contributed by atoms with Gasteiger partial charge in [0.2, 0.25) is 11.8 Å². The van der Waals surface area contributed by atoms with Gasteiger partial charge in [0, 0.05) is 23.5 Å². The van der Waals surface area contributed by atoms with E-state index in [1.807, 2.05) is 31.2 Å². The van der Waals surface area contributed by atoms with Crippen LogP contribution in [0.15, 0.2) is 42.6 Å². The van der Waals surface area contributed by atoms with Crippen molar-refractivity contribution in [3.05, 3.63) is 53.7 Å². The number of rotatable bonds is 5. The number of carbonyl (C=O) groups excluding carboxylic acids is 1. The Morgan fingerprint density at radius 1 is 1.35 bits per heavy atom. The number of methoxy groups -OCH3 is 1. The van der Waals surface area contributed by atoms with Gasteiger partial charge >= 0.3 is 0 Å². The summed E-state index contributed by atoms with van der Waals surface area (Å²) >= 11 is 0. The minimum atomic E-state index is -0.629. The highest BCUT2D eigenvalue weighted by molar-refractivity contribution is 5.84. The highest BCUT2D eigenvalue weighted by Crippen LogP contribution is 2.21. The number of anilines is 1. The minimum Gasteiger partial charge on any atom is -0.481 e. The largest absolute Gasteiger partial charge is 0.481 e. The number of aryl methyl sites for hydroxylation is 1. The van der Waals surface area contributed by atoms with Gasteiger partial charge in [0.1, 0.15) is 6.04 Å². The number of amides is 1. The molecule has 5 heteroatoms. The first-order valence-corrected chi connectivity index (χ1v) is 6.22. The van der Waals surface area contributed by atoms with Gasteiger partial charge in [-0.1, -0.05) is 12.1 Å². The fourth-order valence-electron chi connectivity index (χ4n) is 1.90. The van der Waals surface area contributed by atoms with Gasteiger partial charge in [-0.15, -0.1) is 0 Å². The number of nitrogens with zero attached hydrogens (tertiary/aromatic N) is 1. The molecule has 20 heavy (non-hydrogen) atoms. The normalized spacial score (nSPS) is 11.7. The Hall–Kier alpha value is -2.56. The Morgan fingerprint density at radius 2 is 2.15 bits per heavy atom. The molecular formula is C15H17N3O2. The van der Waals surface area contributed by atoms with E-state index in [0.29, 0.717) is 11.4 Å². The predicted octanol–water partition coefficient (Wildman–Crippen LogP) is 2.04. The topological polar surface area (TPSA) is 77.2 Å². The lowest BCUT2D eigenvalue weighted by Gasteiger charge is -2.17. The second-order valence-corrected chi connectivity index (χ2v) is 4.48. The Morgan fingerprint density at radius 3 is 2.70 bits per heavy atom. The smallest absolute Gasteiger partial charge is 0.244 e. The zero-order chi connectivity index (χ0) is 14.5. The molecule has 0 saturated heterocycles. The summed E-state index contributed by atoms with van der Waals surface area (Å²) in [6, 6.07) is 10.6. The lowest BCUT2D eigenvalue weighted by molar-refractivity contribution is -0.118. The number of hydrogen-bond acceptors (Lipinski definition) is 4. The molecule has 3 N–H and O–H groups in total. The van der Waals surface area contributed by atoms with Gasteiger partial charge in [-0.2, -0.15) is 0 Å². The van der Waals surface area contributed by atoms with Crippen molar-refractivity contribution in [3.63, 3.8) is 0 Å². The molecule has 5 nitrogen and oxygen atoms in total. The number of benzene rings is 1. The zero-order valence-corrected chi connectivity index (χ0v) is 11.5. The van der Waals surface area contributed by atoms with Crippen molar-refractivity contribution in [2.75, 3.05) is 12.4 Å². The molecule has 0 spiro atoms. The quantitative estimate of drug-likeness (QED) is 0.872. The van der Waals surface area contributed by atoms with E-state index in [-0.39, 0.29) is 0 Å². The van der Waals surface area contributed by atoms with E-state index in [1.54, 1.807) is 25.4 Å². The Kier molecular flexibility index (Phi) is 4.20. The third-order valence-electron chi connectivity index (χ3n) is 2.92. The van der Waals surface area contributed by atoms with Crippen molar-refractivity contribution in [2.45, 2.75) is 13.0 Å². The standard InChI is InChI=1S/C15H17N3O2/c1-10-4-3-5-12(8-10)18-14(15(16)19)11-6-7-13(20-2)17-9-11/h3-9,14,18H,1-2H3,(H2,16,19). The SMILES string of the molecule is COc1ccc(C(Nc2cccc(C)c2)C(N)=O)cn1. The van der Waals surface area contributed by atoms with Gasteiger partial charge < -0.3 is 15.8 Å². The molecule has 0 aliphatic rings. The van der Waals surface area contributed by atoms with E-state index < -0.39 is 11.9 Å². The van der Waals surface area contributed by atoms with Crippen LogP contribution in [0.5, 0.6) is 5.88 Å². The maximum atomic E-state index is 11.6. The first-order valence-electron chi connectivity index (χ1n) is 6.22. The molecule has 0 bridgehead atoms. The lowest BCUT2D eigenvalue weighted by atomic mass is 10.1. The summed E-state index contributed by atoms with van der Waals surface area (Å²) in [5.41, 5.74) is 8.10. The van der Waals surface area contributed by atoms with E-state index >= 15 is 0 Å². The summed E-state index contributed by atoms with van der Waals surface area (Å²) in [5.74, 6) is 0.0333. The summed E-state index contributed by atoms with van der Waals surface area (Å²) in [6.45, 7) is 1.99. The third-order valence-corrected chi connectivity index (χ3v) is 2.92. The summed E-state index contributed by atoms with van der Waals surface area (Å²) in [5, 5.41) is 3.12. The highest BCUT2D eigenvalue weighted by atomic mass is 16.5. The molecule has 1 unspecified atom stereocenters. The number of primary amides is 1. The Labute approximate surface area is 117 Å². The monoisotopic (exact) mass is 271 g/mol. The molecule has 1 aromatic carbocycles. The molecule has 1 aromatic heterocycles. The molecule has 2 rings (SSSR count). The maximum absolute atomic E-state index is 11.6. The number of pyridine rings is 1. The first kappa shape index (κ1) is 13.9. The van der Waals surface area contributed by atoms with Crippen molar-refractivity contribution in [1.82, 2.24) is 4.98 Å². The molecule has 1 amide bonds. The van der Waals surface area contributed by atoms with E-state index in [9.17, 15) is 4.79 Å². The summed E-state index contributed by atoms with van der Waals surface area (Å²) in [4.78, 5) is 15.7. The molecule has 0 aliphatic carbocycles. The third kappa shape index (κ3) is 3.26. The van der Waals surface area contributed by atoms with Crippen LogP contribution in [0.2, 0.25) is 0 Å².